The number of ether oxygens (including phenoxy) is 2. The number of methoxy groups -OCH3 is 2. The summed E-state index contributed by atoms with van der Waals surface area (Å²) in [6.45, 7) is 0. The minimum atomic E-state index is -0.762. The Kier molecular flexibility index (Phi) is 2.92. The summed E-state index contributed by atoms with van der Waals surface area (Å²) >= 11 is 0. The first-order valence-electron chi connectivity index (χ1n) is 8.78. The summed E-state index contributed by atoms with van der Waals surface area (Å²) < 4.78 is 11.3. The molecule has 6 rings (SSSR count). The summed E-state index contributed by atoms with van der Waals surface area (Å²) in [6, 6.07) is 8.05. The molecule has 4 nitrogen and oxygen atoms in total. The SMILES string of the molecule is COc1ccc(C2(OC)OOC23C2CC4CC(C2)CC3C4)cc1. The van der Waals surface area contributed by atoms with Gasteiger partial charge < -0.3 is 9.47 Å². The lowest BCUT2D eigenvalue weighted by atomic mass is 9.47. The molecule has 23 heavy (non-hydrogen) atoms. The highest BCUT2D eigenvalue weighted by molar-refractivity contribution is 5.34. The molecule has 1 saturated heterocycles. The Morgan fingerprint density at radius 2 is 1.48 bits per heavy atom. The molecular weight excluding hydrogens is 292 g/mol. The van der Waals surface area contributed by atoms with Crippen LogP contribution in [0.3, 0.4) is 0 Å². The van der Waals surface area contributed by atoms with Crippen molar-refractivity contribution in [1.82, 2.24) is 0 Å². The van der Waals surface area contributed by atoms with Crippen molar-refractivity contribution < 1.29 is 19.2 Å². The molecule has 1 heterocycles. The Morgan fingerprint density at radius 1 is 0.870 bits per heavy atom. The van der Waals surface area contributed by atoms with Gasteiger partial charge in [0.25, 0.3) is 5.79 Å². The first kappa shape index (κ1) is 14.3. The van der Waals surface area contributed by atoms with Gasteiger partial charge in [0.05, 0.1) is 7.11 Å². The first-order valence-corrected chi connectivity index (χ1v) is 8.78. The predicted octanol–water partition coefficient (Wildman–Crippen LogP) is 3.65. The Morgan fingerprint density at radius 3 is 1.91 bits per heavy atom. The summed E-state index contributed by atoms with van der Waals surface area (Å²) in [4.78, 5) is 11.7. The summed E-state index contributed by atoms with van der Waals surface area (Å²) in [5.41, 5.74) is 0.739. The van der Waals surface area contributed by atoms with Crippen LogP contribution in [0.25, 0.3) is 0 Å². The van der Waals surface area contributed by atoms with Crippen molar-refractivity contribution in [3.8, 4) is 5.75 Å². The topological polar surface area (TPSA) is 36.9 Å². The normalized spacial score (nSPS) is 46.9. The Labute approximate surface area is 137 Å². The second-order valence-corrected chi connectivity index (χ2v) is 7.81. The summed E-state index contributed by atoms with van der Waals surface area (Å²) in [5.74, 6) is 2.96. The molecule has 1 atom stereocenters. The zero-order chi connectivity index (χ0) is 15.7. The molecule has 124 valence electrons. The van der Waals surface area contributed by atoms with E-state index in [-0.39, 0.29) is 5.60 Å². The third-order valence-electron chi connectivity index (χ3n) is 6.92. The van der Waals surface area contributed by atoms with Crippen molar-refractivity contribution in [1.29, 1.82) is 0 Å². The second-order valence-electron chi connectivity index (χ2n) is 7.81. The number of rotatable bonds is 3. The van der Waals surface area contributed by atoms with Gasteiger partial charge in [0, 0.05) is 12.7 Å². The molecule has 1 aromatic carbocycles. The van der Waals surface area contributed by atoms with Crippen LogP contribution in [0.5, 0.6) is 5.75 Å². The maximum Gasteiger partial charge on any atom is 0.260 e. The van der Waals surface area contributed by atoms with Gasteiger partial charge in [0.15, 0.2) is 5.60 Å². The minimum absolute atomic E-state index is 0.302. The van der Waals surface area contributed by atoms with E-state index in [0.29, 0.717) is 11.8 Å². The molecule has 0 amide bonds. The van der Waals surface area contributed by atoms with Crippen LogP contribution in [0, 0.1) is 23.7 Å². The molecule has 0 N–H and O–H groups in total. The van der Waals surface area contributed by atoms with Crippen LogP contribution in [0.15, 0.2) is 24.3 Å². The smallest absolute Gasteiger partial charge is 0.260 e. The van der Waals surface area contributed by atoms with Crippen LogP contribution in [-0.4, -0.2) is 19.8 Å². The number of benzene rings is 1. The van der Waals surface area contributed by atoms with E-state index >= 15 is 0 Å². The fourth-order valence-corrected chi connectivity index (χ4v) is 6.17. The van der Waals surface area contributed by atoms with Crippen LogP contribution in [-0.2, 0) is 20.3 Å². The van der Waals surface area contributed by atoms with Crippen molar-refractivity contribution in [3.63, 3.8) is 0 Å². The van der Waals surface area contributed by atoms with Gasteiger partial charge in [-0.25, -0.2) is 4.89 Å². The molecule has 1 unspecified atom stereocenters. The van der Waals surface area contributed by atoms with Gasteiger partial charge in [-0.05, 0) is 80.0 Å². The van der Waals surface area contributed by atoms with Crippen molar-refractivity contribution in [2.24, 2.45) is 23.7 Å². The molecule has 1 aliphatic heterocycles. The fourth-order valence-electron chi connectivity index (χ4n) is 6.17. The van der Waals surface area contributed by atoms with E-state index < -0.39 is 5.79 Å². The maximum atomic E-state index is 6.03. The highest BCUT2D eigenvalue weighted by Crippen LogP contribution is 2.69. The van der Waals surface area contributed by atoms with Crippen molar-refractivity contribution in [3.05, 3.63) is 29.8 Å². The zero-order valence-electron chi connectivity index (χ0n) is 13.8. The third kappa shape index (κ3) is 1.62. The van der Waals surface area contributed by atoms with Crippen molar-refractivity contribution >= 4 is 0 Å². The molecular formula is C19H24O4. The van der Waals surface area contributed by atoms with E-state index in [2.05, 4.69) is 12.1 Å². The molecule has 5 aliphatic rings. The van der Waals surface area contributed by atoms with Gasteiger partial charge >= 0.3 is 0 Å². The molecule has 4 saturated carbocycles. The van der Waals surface area contributed by atoms with Crippen molar-refractivity contribution in [2.45, 2.75) is 43.5 Å². The van der Waals surface area contributed by atoms with Gasteiger partial charge in [-0.3, -0.25) is 0 Å². The Bertz CT molecular complexity index is 578. The summed E-state index contributed by atoms with van der Waals surface area (Å²) in [5, 5.41) is 0. The van der Waals surface area contributed by atoms with Crippen LogP contribution in [0.2, 0.25) is 0 Å². The predicted molar refractivity (Wildman–Crippen MR) is 83.6 cm³/mol. The first-order chi connectivity index (χ1) is 11.2. The lowest BCUT2D eigenvalue weighted by molar-refractivity contribution is -0.645. The molecule has 1 aromatic rings. The minimum Gasteiger partial charge on any atom is -0.497 e. The molecule has 5 fully saturated rings. The van der Waals surface area contributed by atoms with E-state index in [9.17, 15) is 0 Å². The van der Waals surface area contributed by atoms with E-state index in [4.69, 9.17) is 19.2 Å². The van der Waals surface area contributed by atoms with E-state index in [1.165, 1.54) is 32.1 Å². The van der Waals surface area contributed by atoms with Crippen LogP contribution in [0.4, 0.5) is 0 Å². The molecule has 0 aromatic heterocycles. The average Bonchev–Trinajstić information content (AvgIpc) is 2.55. The standard InChI is InChI=1S/C19H24O4/c1-20-17-5-3-14(4-6-17)19(21-2)18(22-23-19)15-8-12-7-13(10-15)11-16(18)9-12/h3-6,12-13,15-16H,7-11H2,1-2H3. The van der Waals surface area contributed by atoms with Crippen molar-refractivity contribution in [2.75, 3.05) is 14.2 Å². The van der Waals surface area contributed by atoms with Crippen LogP contribution in [0.1, 0.15) is 37.7 Å². The molecule has 0 radical (unpaired) electrons. The quantitative estimate of drug-likeness (QED) is 0.798. The zero-order valence-corrected chi connectivity index (χ0v) is 13.8. The van der Waals surface area contributed by atoms with Gasteiger partial charge in [0.1, 0.15) is 5.75 Å². The average molecular weight is 316 g/mol. The summed E-state index contributed by atoms with van der Waals surface area (Å²) in [7, 11) is 3.43. The maximum absolute atomic E-state index is 6.03. The van der Waals surface area contributed by atoms with E-state index in [0.717, 1.165) is 23.1 Å². The third-order valence-corrected chi connectivity index (χ3v) is 6.92. The van der Waals surface area contributed by atoms with E-state index in [1.54, 1.807) is 14.2 Å². The number of hydrogen-bond acceptors (Lipinski definition) is 4. The second kappa shape index (κ2) is 4.71. The number of hydrogen-bond donors (Lipinski definition) is 0. The molecule has 1 spiro atoms. The van der Waals surface area contributed by atoms with Crippen LogP contribution < -0.4 is 4.74 Å². The summed E-state index contributed by atoms with van der Waals surface area (Å²) in [6.07, 6.45) is 6.47. The van der Waals surface area contributed by atoms with Crippen LogP contribution >= 0.6 is 0 Å². The van der Waals surface area contributed by atoms with Gasteiger partial charge in [-0.1, -0.05) is 0 Å². The molecule has 4 heteroatoms. The molecule has 4 aliphatic carbocycles. The van der Waals surface area contributed by atoms with Gasteiger partial charge in [0.2, 0.25) is 0 Å². The largest absolute Gasteiger partial charge is 0.497 e. The molecule has 4 bridgehead atoms. The Hall–Kier alpha value is -1.10. The highest BCUT2D eigenvalue weighted by atomic mass is 17.3. The van der Waals surface area contributed by atoms with E-state index in [1.807, 2.05) is 12.1 Å². The highest BCUT2D eigenvalue weighted by Gasteiger charge is 2.76. The van der Waals surface area contributed by atoms with Gasteiger partial charge in [-0.2, -0.15) is 4.89 Å². The monoisotopic (exact) mass is 316 g/mol. The lowest BCUT2D eigenvalue weighted by Gasteiger charge is -2.68. The van der Waals surface area contributed by atoms with Gasteiger partial charge in [-0.15, -0.1) is 0 Å². The Balaban J connectivity index is 1.57. The fraction of sp³-hybridized carbons (Fsp3) is 0.684. The lowest BCUT2D eigenvalue weighted by Crippen LogP contribution is -2.76.